The molecule has 0 aromatic heterocycles. The molecule has 2 N–H and O–H groups in total. The first-order valence-electron chi connectivity index (χ1n) is 7.10. The third kappa shape index (κ3) is 2.76. The predicted octanol–water partition coefficient (Wildman–Crippen LogP) is 2.95. The van der Waals surface area contributed by atoms with Crippen LogP contribution in [-0.2, 0) is 0 Å². The Labute approximate surface area is 110 Å². The van der Waals surface area contributed by atoms with Gasteiger partial charge in [0, 0.05) is 0 Å². The van der Waals surface area contributed by atoms with Gasteiger partial charge in [0.1, 0.15) is 0 Å². The molecular formula is C16H24O2. The maximum Gasteiger partial charge on any atom is 0.0835 e. The van der Waals surface area contributed by atoms with Crippen LogP contribution in [0.5, 0.6) is 0 Å². The second kappa shape index (κ2) is 5.85. The quantitative estimate of drug-likeness (QED) is 0.812. The molecule has 1 fully saturated rings. The summed E-state index contributed by atoms with van der Waals surface area (Å²) in [5.41, 5.74) is 1.29. The molecule has 1 aliphatic carbocycles. The molecule has 0 aliphatic heterocycles. The van der Waals surface area contributed by atoms with E-state index in [4.69, 9.17) is 0 Å². The van der Waals surface area contributed by atoms with Gasteiger partial charge in [-0.05, 0) is 29.7 Å². The van der Waals surface area contributed by atoms with Crippen LogP contribution < -0.4 is 0 Å². The van der Waals surface area contributed by atoms with E-state index in [9.17, 15) is 10.2 Å². The maximum atomic E-state index is 10.3. The zero-order chi connectivity index (χ0) is 13.1. The van der Waals surface area contributed by atoms with Crippen molar-refractivity contribution in [3.8, 4) is 0 Å². The minimum atomic E-state index is -0.571. The van der Waals surface area contributed by atoms with Gasteiger partial charge in [-0.2, -0.15) is 0 Å². The largest absolute Gasteiger partial charge is 0.390 e. The summed E-state index contributed by atoms with van der Waals surface area (Å²) in [5.74, 6) is 0.894. The summed E-state index contributed by atoms with van der Waals surface area (Å²) in [6.45, 7) is 4.15. The summed E-state index contributed by atoms with van der Waals surface area (Å²) in [7, 11) is 0. The van der Waals surface area contributed by atoms with Crippen molar-refractivity contribution in [2.75, 3.05) is 0 Å². The maximum absolute atomic E-state index is 10.3. The average Bonchev–Trinajstić information content (AvgIpc) is 3.20. The summed E-state index contributed by atoms with van der Waals surface area (Å²) in [5, 5.41) is 20.5. The monoisotopic (exact) mass is 248 g/mol. The molecule has 0 heterocycles. The first-order chi connectivity index (χ1) is 8.69. The highest BCUT2D eigenvalue weighted by molar-refractivity contribution is 5.26. The second-order valence-electron chi connectivity index (χ2n) is 5.47. The van der Waals surface area contributed by atoms with E-state index < -0.39 is 12.2 Å². The first-order valence-corrected chi connectivity index (χ1v) is 7.10. The van der Waals surface area contributed by atoms with E-state index in [0.29, 0.717) is 5.92 Å². The number of rotatable bonds is 6. The Morgan fingerprint density at radius 2 is 1.72 bits per heavy atom. The molecule has 1 aromatic rings. The van der Waals surface area contributed by atoms with E-state index in [1.165, 1.54) is 5.56 Å². The van der Waals surface area contributed by atoms with E-state index in [1.54, 1.807) is 0 Å². The van der Waals surface area contributed by atoms with Crippen LogP contribution in [0.4, 0.5) is 0 Å². The molecule has 0 bridgehead atoms. The van der Waals surface area contributed by atoms with Gasteiger partial charge in [0.05, 0.1) is 12.2 Å². The third-order valence-electron chi connectivity index (χ3n) is 4.39. The lowest BCUT2D eigenvalue weighted by molar-refractivity contribution is -0.0313. The number of hydrogen-bond donors (Lipinski definition) is 2. The Hall–Kier alpha value is -0.860. The Kier molecular flexibility index (Phi) is 4.41. The van der Waals surface area contributed by atoms with Crippen molar-refractivity contribution in [2.45, 2.75) is 51.2 Å². The highest BCUT2D eigenvalue weighted by Crippen LogP contribution is 2.50. The van der Waals surface area contributed by atoms with Crippen molar-refractivity contribution in [2.24, 2.45) is 11.8 Å². The lowest BCUT2D eigenvalue weighted by Gasteiger charge is -2.25. The molecule has 2 heteroatoms. The molecule has 100 valence electrons. The van der Waals surface area contributed by atoms with Crippen LogP contribution in [0.3, 0.4) is 0 Å². The first kappa shape index (κ1) is 13.6. The molecule has 2 nitrogen and oxygen atoms in total. The highest BCUT2D eigenvalue weighted by Gasteiger charge is 2.46. The van der Waals surface area contributed by atoms with Gasteiger partial charge in [-0.15, -0.1) is 0 Å². The van der Waals surface area contributed by atoms with Crippen LogP contribution in [0.2, 0.25) is 0 Å². The fraction of sp³-hybridized carbons (Fsp3) is 0.625. The van der Waals surface area contributed by atoms with Gasteiger partial charge >= 0.3 is 0 Å². The molecule has 0 radical (unpaired) electrons. The zero-order valence-electron chi connectivity index (χ0n) is 11.3. The van der Waals surface area contributed by atoms with Crippen LogP contribution >= 0.6 is 0 Å². The summed E-state index contributed by atoms with van der Waals surface area (Å²) >= 11 is 0. The number of aliphatic hydroxyl groups excluding tert-OH is 2. The molecule has 0 spiro atoms. The number of aliphatic hydroxyl groups is 2. The van der Waals surface area contributed by atoms with Crippen LogP contribution in [0.25, 0.3) is 0 Å². The lowest BCUT2D eigenvalue weighted by atomic mass is 9.90. The normalized spacial score (nSPS) is 26.1. The molecule has 4 atom stereocenters. The summed E-state index contributed by atoms with van der Waals surface area (Å²) in [4.78, 5) is 0. The Morgan fingerprint density at radius 3 is 2.28 bits per heavy atom. The standard InChI is InChI=1S/C16H24O2/c1-3-11(4-2)15(17)16(18)14-10-13(14)12-8-6-5-7-9-12/h5-9,11,13-18H,3-4,10H2,1-2H3. The number of benzene rings is 1. The van der Waals surface area contributed by atoms with E-state index >= 15 is 0 Å². The second-order valence-corrected chi connectivity index (χ2v) is 5.47. The molecule has 0 amide bonds. The van der Waals surface area contributed by atoms with Gasteiger partial charge in [-0.25, -0.2) is 0 Å². The molecule has 2 rings (SSSR count). The van der Waals surface area contributed by atoms with Crippen molar-refractivity contribution >= 4 is 0 Å². The van der Waals surface area contributed by atoms with Crippen LogP contribution in [0.15, 0.2) is 30.3 Å². The van der Waals surface area contributed by atoms with Gasteiger partial charge in [0.2, 0.25) is 0 Å². The highest BCUT2D eigenvalue weighted by atomic mass is 16.3. The van der Waals surface area contributed by atoms with E-state index in [0.717, 1.165) is 19.3 Å². The molecule has 1 saturated carbocycles. The number of hydrogen-bond acceptors (Lipinski definition) is 2. The Morgan fingerprint density at radius 1 is 1.11 bits per heavy atom. The molecule has 1 aliphatic rings. The van der Waals surface area contributed by atoms with Gasteiger partial charge < -0.3 is 10.2 Å². The van der Waals surface area contributed by atoms with Crippen molar-refractivity contribution < 1.29 is 10.2 Å². The minimum Gasteiger partial charge on any atom is -0.390 e. The van der Waals surface area contributed by atoms with Gasteiger partial charge in [0.25, 0.3) is 0 Å². The summed E-state index contributed by atoms with van der Waals surface area (Å²) in [6.07, 6.45) is 1.72. The van der Waals surface area contributed by atoms with E-state index in [-0.39, 0.29) is 11.8 Å². The zero-order valence-corrected chi connectivity index (χ0v) is 11.3. The Balaban J connectivity index is 1.95. The average molecular weight is 248 g/mol. The summed E-state index contributed by atoms with van der Waals surface area (Å²) < 4.78 is 0. The van der Waals surface area contributed by atoms with Crippen LogP contribution in [0, 0.1) is 11.8 Å². The Bertz CT molecular complexity index is 359. The molecule has 18 heavy (non-hydrogen) atoms. The predicted molar refractivity (Wildman–Crippen MR) is 73.4 cm³/mol. The fourth-order valence-electron chi connectivity index (χ4n) is 2.98. The van der Waals surface area contributed by atoms with Crippen molar-refractivity contribution in [3.63, 3.8) is 0 Å². The van der Waals surface area contributed by atoms with E-state index in [1.807, 2.05) is 18.2 Å². The van der Waals surface area contributed by atoms with Gasteiger partial charge in [0.15, 0.2) is 0 Å². The fourth-order valence-corrected chi connectivity index (χ4v) is 2.98. The summed E-state index contributed by atoms with van der Waals surface area (Å²) in [6, 6.07) is 10.3. The lowest BCUT2D eigenvalue weighted by Crippen LogP contribution is -2.34. The van der Waals surface area contributed by atoms with Gasteiger partial charge in [-0.3, -0.25) is 0 Å². The van der Waals surface area contributed by atoms with Crippen molar-refractivity contribution in [3.05, 3.63) is 35.9 Å². The topological polar surface area (TPSA) is 40.5 Å². The third-order valence-corrected chi connectivity index (χ3v) is 4.39. The molecule has 1 aromatic carbocycles. The SMILES string of the molecule is CCC(CC)C(O)C(O)C1CC1c1ccccc1. The smallest absolute Gasteiger partial charge is 0.0835 e. The van der Waals surface area contributed by atoms with E-state index in [2.05, 4.69) is 26.0 Å². The molecule has 4 unspecified atom stereocenters. The van der Waals surface area contributed by atoms with Crippen molar-refractivity contribution in [1.29, 1.82) is 0 Å². The van der Waals surface area contributed by atoms with Crippen LogP contribution in [0.1, 0.15) is 44.6 Å². The molecule has 0 saturated heterocycles. The van der Waals surface area contributed by atoms with Gasteiger partial charge in [-0.1, -0.05) is 57.0 Å². The van der Waals surface area contributed by atoms with Crippen molar-refractivity contribution in [1.82, 2.24) is 0 Å². The molecular weight excluding hydrogens is 224 g/mol. The minimum absolute atomic E-state index is 0.219. The van der Waals surface area contributed by atoms with Crippen LogP contribution in [-0.4, -0.2) is 22.4 Å².